The molecule has 0 aliphatic carbocycles. The van der Waals surface area contributed by atoms with Gasteiger partial charge in [0.15, 0.2) is 0 Å². The van der Waals surface area contributed by atoms with Gasteiger partial charge in [-0.05, 0) is 24.3 Å². The van der Waals surface area contributed by atoms with Crippen molar-refractivity contribution in [2.75, 3.05) is 7.11 Å². The first-order chi connectivity index (χ1) is 7.40. The highest BCUT2D eigenvalue weighted by Crippen LogP contribution is 2.13. The average Bonchev–Trinajstić information content (AvgIpc) is 2.31. The van der Waals surface area contributed by atoms with Gasteiger partial charge in [-0.2, -0.15) is 0 Å². The fourth-order valence-corrected chi connectivity index (χ4v) is 1.36. The molecular weight excluding hydrogens is 188 g/mol. The molecule has 0 bridgehead atoms. The second kappa shape index (κ2) is 4.66. The van der Waals surface area contributed by atoms with Crippen LogP contribution in [0.1, 0.15) is 5.69 Å². The van der Waals surface area contributed by atoms with Crippen LogP contribution in [0, 0.1) is 0 Å². The molecule has 0 saturated carbocycles. The molecule has 0 unspecified atom stereocenters. The molecule has 0 aliphatic rings. The first-order valence-electron chi connectivity index (χ1n) is 4.76. The number of rotatable bonds is 3. The van der Waals surface area contributed by atoms with E-state index in [9.17, 15) is 0 Å². The molecule has 0 saturated heterocycles. The van der Waals surface area contributed by atoms with E-state index in [4.69, 9.17) is 4.74 Å². The van der Waals surface area contributed by atoms with E-state index in [1.165, 1.54) is 0 Å². The lowest BCUT2D eigenvalue weighted by Gasteiger charge is -2.02. The summed E-state index contributed by atoms with van der Waals surface area (Å²) < 4.78 is 5.04. The summed E-state index contributed by atoms with van der Waals surface area (Å²) in [6.07, 6.45) is 1.76. The number of methoxy groups -OCH3 is 1. The van der Waals surface area contributed by atoms with E-state index in [-0.39, 0.29) is 0 Å². The molecule has 0 atom stereocenters. The maximum atomic E-state index is 5.04. The maximum Gasteiger partial charge on any atom is 0.0890 e. The number of hydrogen-bond acceptors (Lipinski definition) is 3. The fourth-order valence-electron chi connectivity index (χ4n) is 1.36. The first kappa shape index (κ1) is 9.80. The zero-order chi connectivity index (χ0) is 10.5. The monoisotopic (exact) mass is 200 g/mol. The highest BCUT2D eigenvalue weighted by atomic mass is 16.5. The molecule has 3 nitrogen and oxygen atoms in total. The minimum Gasteiger partial charge on any atom is -0.378 e. The number of pyridine rings is 2. The van der Waals surface area contributed by atoms with Gasteiger partial charge >= 0.3 is 0 Å². The van der Waals surface area contributed by atoms with E-state index in [1.54, 1.807) is 13.3 Å². The Bertz CT molecular complexity index is 429. The summed E-state index contributed by atoms with van der Waals surface area (Å²) in [6, 6.07) is 11.6. The lowest BCUT2D eigenvalue weighted by Crippen LogP contribution is -1.94. The summed E-state index contributed by atoms with van der Waals surface area (Å²) in [5, 5.41) is 0. The molecule has 0 aliphatic heterocycles. The summed E-state index contributed by atoms with van der Waals surface area (Å²) in [6.45, 7) is 0.528. The van der Waals surface area contributed by atoms with Crippen LogP contribution in [0.25, 0.3) is 11.4 Å². The van der Waals surface area contributed by atoms with Crippen LogP contribution >= 0.6 is 0 Å². The number of aromatic nitrogens is 2. The SMILES string of the molecule is COCc1cccc(-c2ccccn2)n1. The van der Waals surface area contributed by atoms with E-state index in [1.807, 2.05) is 36.4 Å². The van der Waals surface area contributed by atoms with Crippen molar-refractivity contribution in [1.29, 1.82) is 0 Å². The van der Waals surface area contributed by atoms with Crippen LogP contribution in [0.5, 0.6) is 0 Å². The van der Waals surface area contributed by atoms with E-state index >= 15 is 0 Å². The molecule has 0 spiro atoms. The van der Waals surface area contributed by atoms with Gasteiger partial charge < -0.3 is 4.74 Å². The molecule has 2 aromatic heterocycles. The minimum absolute atomic E-state index is 0.528. The van der Waals surface area contributed by atoms with Crippen molar-refractivity contribution < 1.29 is 4.74 Å². The van der Waals surface area contributed by atoms with Crippen LogP contribution in [-0.4, -0.2) is 17.1 Å². The molecule has 76 valence electrons. The normalized spacial score (nSPS) is 10.2. The third-order valence-electron chi connectivity index (χ3n) is 2.03. The Hall–Kier alpha value is -1.74. The van der Waals surface area contributed by atoms with E-state index in [0.717, 1.165) is 17.1 Å². The summed E-state index contributed by atoms with van der Waals surface area (Å²) in [7, 11) is 1.66. The molecule has 0 amide bonds. The Morgan fingerprint density at radius 1 is 1.07 bits per heavy atom. The lowest BCUT2D eigenvalue weighted by molar-refractivity contribution is 0.181. The van der Waals surface area contributed by atoms with Gasteiger partial charge in [0, 0.05) is 13.3 Å². The number of ether oxygens (including phenoxy) is 1. The minimum atomic E-state index is 0.528. The zero-order valence-electron chi connectivity index (χ0n) is 8.55. The molecule has 0 fully saturated rings. The molecule has 2 aromatic rings. The summed E-state index contributed by atoms with van der Waals surface area (Å²) in [5.41, 5.74) is 2.68. The topological polar surface area (TPSA) is 35.0 Å². The average molecular weight is 200 g/mol. The Labute approximate surface area is 88.8 Å². The number of nitrogens with zero attached hydrogens (tertiary/aromatic N) is 2. The van der Waals surface area contributed by atoms with Crippen LogP contribution in [0.4, 0.5) is 0 Å². The molecule has 15 heavy (non-hydrogen) atoms. The molecule has 2 heterocycles. The van der Waals surface area contributed by atoms with Crippen molar-refractivity contribution >= 4 is 0 Å². The standard InChI is InChI=1S/C12H12N2O/c1-15-9-10-5-4-7-12(14-10)11-6-2-3-8-13-11/h2-8H,9H2,1H3. The van der Waals surface area contributed by atoms with Gasteiger partial charge in [-0.3, -0.25) is 4.98 Å². The molecule has 3 heteroatoms. The first-order valence-corrected chi connectivity index (χ1v) is 4.76. The predicted molar refractivity (Wildman–Crippen MR) is 58.2 cm³/mol. The molecular formula is C12H12N2O. The van der Waals surface area contributed by atoms with Crippen molar-refractivity contribution in [3.63, 3.8) is 0 Å². The van der Waals surface area contributed by atoms with Gasteiger partial charge in [0.2, 0.25) is 0 Å². The van der Waals surface area contributed by atoms with Crippen molar-refractivity contribution in [2.45, 2.75) is 6.61 Å². The Balaban J connectivity index is 2.33. The van der Waals surface area contributed by atoms with E-state index < -0.39 is 0 Å². The zero-order valence-corrected chi connectivity index (χ0v) is 8.55. The van der Waals surface area contributed by atoms with Gasteiger partial charge in [-0.1, -0.05) is 12.1 Å². The third-order valence-corrected chi connectivity index (χ3v) is 2.03. The number of hydrogen-bond donors (Lipinski definition) is 0. The van der Waals surface area contributed by atoms with Crippen LogP contribution in [0.2, 0.25) is 0 Å². The van der Waals surface area contributed by atoms with Crippen LogP contribution in [0.3, 0.4) is 0 Å². The quantitative estimate of drug-likeness (QED) is 0.762. The highest BCUT2D eigenvalue weighted by Gasteiger charge is 2.00. The van der Waals surface area contributed by atoms with Gasteiger partial charge in [0.1, 0.15) is 0 Å². The Morgan fingerprint density at radius 3 is 2.67 bits per heavy atom. The van der Waals surface area contributed by atoms with Crippen molar-refractivity contribution in [3.05, 3.63) is 48.3 Å². The largest absolute Gasteiger partial charge is 0.378 e. The van der Waals surface area contributed by atoms with Crippen molar-refractivity contribution in [2.24, 2.45) is 0 Å². The smallest absolute Gasteiger partial charge is 0.0890 e. The van der Waals surface area contributed by atoms with E-state index in [0.29, 0.717) is 6.61 Å². The third kappa shape index (κ3) is 2.39. The van der Waals surface area contributed by atoms with Gasteiger partial charge in [0.05, 0.1) is 23.7 Å². The second-order valence-corrected chi connectivity index (χ2v) is 3.16. The van der Waals surface area contributed by atoms with Crippen LogP contribution in [0.15, 0.2) is 42.6 Å². The van der Waals surface area contributed by atoms with Crippen molar-refractivity contribution in [3.8, 4) is 11.4 Å². The lowest BCUT2D eigenvalue weighted by atomic mass is 10.2. The van der Waals surface area contributed by atoms with Crippen LogP contribution < -0.4 is 0 Å². The Morgan fingerprint density at radius 2 is 1.93 bits per heavy atom. The fraction of sp³-hybridized carbons (Fsp3) is 0.167. The molecule has 0 N–H and O–H groups in total. The molecule has 2 rings (SSSR count). The summed E-state index contributed by atoms with van der Waals surface area (Å²) >= 11 is 0. The summed E-state index contributed by atoms with van der Waals surface area (Å²) in [5.74, 6) is 0. The predicted octanol–water partition coefficient (Wildman–Crippen LogP) is 2.29. The van der Waals surface area contributed by atoms with E-state index in [2.05, 4.69) is 9.97 Å². The highest BCUT2D eigenvalue weighted by molar-refractivity contribution is 5.53. The summed E-state index contributed by atoms with van der Waals surface area (Å²) in [4.78, 5) is 8.69. The molecule has 0 radical (unpaired) electrons. The van der Waals surface area contributed by atoms with Gasteiger partial charge in [0.25, 0.3) is 0 Å². The van der Waals surface area contributed by atoms with Crippen LogP contribution in [-0.2, 0) is 11.3 Å². The maximum absolute atomic E-state index is 5.04. The van der Waals surface area contributed by atoms with Crippen molar-refractivity contribution in [1.82, 2.24) is 9.97 Å². The van der Waals surface area contributed by atoms with Gasteiger partial charge in [-0.15, -0.1) is 0 Å². The molecule has 0 aromatic carbocycles. The second-order valence-electron chi connectivity index (χ2n) is 3.16. The Kier molecular flexibility index (Phi) is 3.05. The van der Waals surface area contributed by atoms with Gasteiger partial charge in [-0.25, -0.2) is 4.98 Å².